The van der Waals surface area contributed by atoms with Gasteiger partial charge in [0.25, 0.3) is 0 Å². The van der Waals surface area contributed by atoms with E-state index >= 15 is 0 Å². The van der Waals surface area contributed by atoms with Crippen LogP contribution in [0.4, 0.5) is 5.82 Å². The molecule has 3 aromatic heterocycles. The summed E-state index contributed by atoms with van der Waals surface area (Å²) in [6, 6.07) is 0. The van der Waals surface area contributed by atoms with E-state index in [1.54, 1.807) is 22.7 Å². The van der Waals surface area contributed by atoms with Gasteiger partial charge in [0.05, 0.1) is 23.1 Å². The van der Waals surface area contributed by atoms with Crippen LogP contribution in [0.25, 0.3) is 20.2 Å². The Morgan fingerprint density at radius 1 is 1.09 bits per heavy atom. The van der Waals surface area contributed by atoms with E-state index in [1.807, 2.05) is 20.0 Å². The van der Waals surface area contributed by atoms with E-state index in [-0.39, 0.29) is 0 Å². The van der Waals surface area contributed by atoms with Crippen molar-refractivity contribution < 1.29 is 4.74 Å². The summed E-state index contributed by atoms with van der Waals surface area (Å²) < 4.78 is 5.43. The number of hydrogen-bond acceptors (Lipinski definition) is 8. The number of hydrogen-bond donors (Lipinski definition) is 0. The largest absolute Gasteiger partial charge is 0.378 e. The van der Waals surface area contributed by atoms with Crippen molar-refractivity contribution >= 4 is 38.8 Å². The molecule has 1 saturated heterocycles. The smallest absolute Gasteiger partial charge is 0.160 e. The van der Waals surface area contributed by atoms with Crippen molar-refractivity contribution in [1.29, 1.82) is 0 Å². The average Bonchev–Trinajstić information content (AvgIpc) is 3.13. The summed E-state index contributed by atoms with van der Waals surface area (Å²) in [7, 11) is 0. The monoisotopic (exact) mass is 333 g/mol. The van der Waals surface area contributed by atoms with Crippen molar-refractivity contribution in [2.75, 3.05) is 31.2 Å². The van der Waals surface area contributed by atoms with Gasteiger partial charge in [-0.25, -0.2) is 19.9 Å². The van der Waals surface area contributed by atoms with Gasteiger partial charge in [-0.15, -0.1) is 11.3 Å². The highest BCUT2D eigenvalue weighted by atomic mass is 32.1. The Hall–Kier alpha value is -1.64. The molecule has 0 radical (unpaired) electrons. The number of aryl methyl sites for hydroxylation is 2. The molecule has 1 fully saturated rings. The maximum Gasteiger partial charge on any atom is 0.160 e. The van der Waals surface area contributed by atoms with Gasteiger partial charge in [0.15, 0.2) is 5.82 Å². The number of rotatable bonds is 2. The Kier molecular flexibility index (Phi) is 3.51. The zero-order valence-electron chi connectivity index (χ0n) is 12.4. The summed E-state index contributed by atoms with van der Waals surface area (Å²) in [6.07, 6.45) is 1.88. The second-order valence-corrected chi connectivity index (χ2v) is 7.32. The minimum atomic E-state index is 0.732. The number of morpholine rings is 1. The van der Waals surface area contributed by atoms with Gasteiger partial charge in [-0.1, -0.05) is 11.3 Å². The average molecular weight is 333 g/mol. The van der Waals surface area contributed by atoms with Crippen molar-refractivity contribution in [3.05, 3.63) is 17.0 Å². The highest BCUT2D eigenvalue weighted by Gasteiger charge is 2.20. The maximum atomic E-state index is 5.43. The quantitative estimate of drug-likeness (QED) is 0.718. The van der Waals surface area contributed by atoms with Gasteiger partial charge in [-0.3, -0.25) is 0 Å². The second-order valence-electron chi connectivity index (χ2n) is 5.11. The molecule has 0 aromatic carbocycles. The van der Waals surface area contributed by atoms with E-state index in [9.17, 15) is 0 Å². The predicted octanol–water partition coefficient (Wildman–Crippen LogP) is 2.66. The lowest BCUT2D eigenvalue weighted by Crippen LogP contribution is -2.37. The molecule has 0 bridgehead atoms. The van der Waals surface area contributed by atoms with Crippen molar-refractivity contribution in [3.63, 3.8) is 0 Å². The van der Waals surface area contributed by atoms with Gasteiger partial charge >= 0.3 is 0 Å². The van der Waals surface area contributed by atoms with E-state index in [2.05, 4.69) is 19.9 Å². The fraction of sp³-hybridized carbons (Fsp3) is 0.429. The summed E-state index contributed by atoms with van der Waals surface area (Å²) in [5.74, 6) is 1.71. The van der Waals surface area contributed by atoms with Crippen LogP contribution in [0.5, 0.6) is 0 Å². The molecular formula is C14H15N5OS2. The van der Waals surface area contributed by atoms with Crippen LogP contribution in [0.15, 0.2) is 6.20 Å². The number of fused-ring (bicyclic) bond motifs is 1. The molecular weight excluding hydrogens is 318 g/mol. The third-order valence-corrected chi connectivity index (χ3v) is 5.53. The molecule has 0 N–H and O–H groups in total. The van der Waals surface area contributed by atoms with Gasteiger partial charge in [0.2, 0.25) is 0 Å². The maximum absolute atomic E-state index is 5.43. The van der Waals surface area contributed by atoms with Crippen molar-refractivity contribution in [2.24, 2.45) is 0 Å². The Morgan fingerprint density at radius 2 is 1.91 bits per heavy atom. The third kappa shape index (κ3) is 2.47. The second kappa shape index (κ2) is 5.53. The molecule has 22 heavy (non-hydrogen) atoms. The van der Waals surface area contributed by atoms with Crippen LogP contribution in [-0.4, -0.2) is 46.2 Å². The first kappa shape index (κ1) is 14.0. The molecule has 1 aliphatic rings. The number of ether oxygens (including phenoxy) is 1. The Labute approximate surface area is 135 Å². The van der Waals surface area contributed by atoms with E-state index in [0.29, 0.717) is 0 Å². The third-order valence-electron chi connectivity index (χ3n) is 3.49. The highest BCUT2D eigenvalue weighted by molar-refractivity contribution is 7.25. The number of aromatic nitrogens is 4. The van der Waals surface area contributed by atoms with Crippen LogP contribution in [0.1, 0.15) is 10.8 Å². The molecule has 114 valence electrons. The number of thiazole rings is 2. The molecule has 0 saturated carbocycles. The Bertz CT molecular complexity index is 822. The van der Waals surface area contributed by atoms with Gasteiger partial charge in [0.1, 0.15) is 21.2 Å². The van der Waals surface area contributed by atoms with Gasteiger partial charge in [-0.05, 0) is 13.8 Å². The lowest BCUT2D eigenvalue weighted by atomic mass is 10.3. The van der Waals surface area contributed by atoms with Crippen LogP contribution >= 0.6 is 22.7 Å². The molecule has 0 amide bonds. The summed E-state index contributed by atoms with van der Waals surface area (Å²) in [5, 5.41) is 2.01. The molecule has 6 nitrogen and oxygen atoms in total. The van der Waals surface area contributed by atoms with E-state index in [4.69, 9.17) is 9.72 Å². The fourth-order valence-electron chi connectivity index (χ4n) is 2.47. The van der Waals surface area contributed by atoms with E-state index in [0.717, 1.165) is 63.2 Å². The number of anilines is 1. The van der Waals surface area contributed by atoms with Crippen molar-refractivity contribution in [2.45, 2.75) is 13.8 Å². The van der Waals surface area contributed by atoms with Crippen LogP contribution in [0.3, 0.4) is 0 Å². The highest BCUT2D eigenvalue weighted by Crippen LogP contribution is 2.35. The van der Waals surface area contributed by atoms with Crippen LogP contribution < -0.4 is 4.90 Å². The Morgan fingerprint density at radius 3 is 2.64 bits per heavy atom. The molecule has 0 spiro atoms. The summed E-state index contributed by atoms with van der Waals surface area (Å²) >= 11 is 3.26. The van der Waals surface area contributed by atoms with Crippen LogP contribution in [0, 0.1) is 13.8 Å². The first-order valence-electron chi connectivity index (χ1n) is 7.11. The molecule has 3 aromatic rings. The predicted molar refractivity (Wildman–Crippen MR) is 88.8 cm³/mol. The molecule has 0 atom stereocenters. The Balaban J connectivity index is 1.84. The molecule has 4 rings (SSSR count). The zero-order chi connectivity index (χ0) is 15.1. The molecule has 0 unspecified atom stereocenters. The first-order valence-corrected chi connectivity index (χ1v) is 8.75. The topological polar surface area (TPSA) is 64.0 Å². The van der Waals surface area contributed by atoms with Crippen LogP contribution in [-0.2, 0) is 4.74 Å². The molecule has 1 aliphatic heterocycles. The minimum Gasteiger partial charge on any atom is -0.378 e. The fourth-order valence-corrected chi connectivity index (χ4v) is 4.27. The lowest BCUT2D eigenvalue weighted by molar-refractivity contribution is 0.122. The van der Waals surface area contributed by atoms with E-state index < -0.39 is 0 Å². The zero-order valence-corrected chi connectivity index (χ0v) is 14.0. The van der Waals surface area contributed by atoms with E-state index in [1.165, 1.54) is 0 Å². The van der Waals surface area contributed by atoms with Crippen molar-refractivity contribution in [3.8, 4) is 9.88 Å². The molecule has 8 heteroatoms. The summed E-state index contributed by atoms with van der Waals surface area (Å²) in [6.45, 7) is 7.09. The van der Waals surface area contributed by atoms with Gasteiger partial charge in [0, 0.05) is 19.3 Å². The van der Waals surface area contributed by atoms with Gasteiger partial charge < -0.3 is 9.64 Å². The van der Waals surface area contributed by atoms with Crippen molar-refractivity contribution in [1.82, 2.24) is 19.9 Å². The summed E-state index contributed by atoms with van der Waals surface area (Å²) in [5.41, 5.74) is 0.888. The molecule has 0 aliphatic carbocycles. The van der Waals surface area contributed by atoms with Crippen LogP contribution in [0.2, 0.25) is 0 Å². The normalized spacial score (nSPS) is 15.6. The minimum absolute atomic E-state index is 0.732. The lowest BCUT2D eigenvalue weighted by Gasteiger charge is -2.27. The standard InChI is InChI=1S/C14H15N5OS2/c1-8-16-12(19-3-5-20-6-4-19)11-14(17-8)22-13(18-11)10-7-15-9(2)21-10/h7H,3-6H2,1-2H3. The number of nitrogens with zero attached hydrogens (tertiary/aromatic N) is 5. The first-order chi connectivity index (χ1) is 10.7. The SMILES string of the molecule is Cc1nc(N2CCOCC2)c2nc(-c3cnc(C)s3)sc2n1. The van der Waals surface area contributed by atoms with Gasteiger partial charge in [-0.2, -0.15) is 0 Å². The summed E-state index contributed by atoms with van der Waals surface area (Å²) in [4.78, 5) is 22.6. The molecule has 4 heterocycles.